The summed E-state index contributed by atoms with van der Waals surface area (Å²) in [6.45, 7) is 5.45. The highest BCUT2D eigenvalue weighted by molar-refractivity contribution is 5.93. The van der Waals surface area contributed by atoms with E-state index in [2.05, 4.69) is 20.2 Å². The predicted octanol–water partition coefficient (Wildman–Crippen LogP) is 4.74. The van der Waals surface area contributed by atoms with Gasteiger partial charge in [0.2, 0.25) is 5.91 Å². The van der Waals surface area contributed by atoms with Gasteiger partial charge in [0.1, 0.15) is 5.75 Å². The Hall–Kier alpha value is -3.41. The molecule has 1 aliphatic heterocycles. The fraction of sp³-hybridized carbons (Fsp3) is 0.292. The summed E-state index contributed by atoms with van der Waals surface area (Å²) in [6, 6.07) is 15.7. The number of piperidine rings is 1. The molecule has 1 saturated heterocycles. The zero-order chi connectivity index (χ0) is 20.9. The molecule has 0 bridgehead atoms. The van der Waals surface area contributed by atoms with Crippen LogP contribution in [0.3, 0.4) is 0 Å². The van der Waals surface area contributed by atoms with E-state index in [1.54, 1.807) is 12.4 Å². The predicted molar refractivity (Wildman–Crippen MR) is 118 cm³/mol. The highest BCUT2D eigenvalue weighted by Gasteiger charge is 2.28. The molecule has 1 atom stereocenters. The minimum absolute atomic E-state index is 0.0372. The van der Waals surface area contributed by atoms with Crippen LogP contribution in [0.25, 0.3) is 0 Å². The zero-order valence-corrected chi connectivity index (χ0v) is 17.3. The van der Waals surface area contributed by atoms with Gasteiger partial charge in [0, 0.05) is 31.2 Å². The smallest absolute Gasteiger partial charge is 0.263 e. The molecule has 1 N–H and O–H groups in total. The number of aromatic nitrogens is 2. The van der Waals surface area contributed by atoms with Crippen molar-refractivity contribution in [1.29, 1.82) is 0 Å². The van der Waals surface area contributed by atoms with Gasteiger partial charge in [-0.3, -0.25) is 4.79 Å². The molecule has 6 nitrogen and oxygen atoms in total. The molecule has 2 aromatic carbocycles. The number of carbonyl (C=O) groups is 1. The molecular weight excluding hydrogens is 376 g/mol. The van der Waals surface area contributed by atoms with E-state index >= 15 is 0 Å². The summed E-state index contributed by atoms with van der Waals surface area (Å²) in [5, 5.41) is 3.05. The Morgan fingerprint density at radius 2 is 1.87 bits per heavy atom. The molecule has 1 aromatic heterocycles. The van der Waals surface area contributed by atoms with Crippen molar-refractivity contribution in [3.05, 3.63) is 72.1 Å². The summed E-state index contributed by atoms with van der Waals surface area (Å²) in [4.78, 5) is 23.9. The lowest BCUT2D eigenvalue weighted by Gasteiger charge is -2.33. The van der Waals surface area contributed by atoms with E-state index in [9.17, 15) is 4.79 Å². The van der Waals surface area contributed by atoms with Gasteiger partial charge in [0.25, 0.3) is 5.88 Å². The molecule has 4 rings (SSSR count). The third-order valence-electron chi connectivity index (χ3n) is 5.26. The lowest BCUT2D eigenvalue weighted by atomic mass is 9.97. The van der Waals surface area contributed by atoms with E-state index in [4.69, 9.17) is 4.74 Å². The van der Waals surface area contributed by atoms with Crippen LogP contribution in [-0.4, -0.2) is 29.0 Å². The highest BCUT2D eigenvalue weighted by Crippen LogP contribution is 2.31. The minimum atomic E-state index is -0.117. The quantitative estimate of drug-likeness (QED) is 0.668. The molecule has 1 aliphatic rings. The van der Waals surface area contributed by atoms with Crippen LogP contribution in [0.5, 0.6) is 11.6 Å². The second-order valence-corrected chi connectivity index (χ2v) is 7.74. The van der Waals surface area contributed by atoms with Crippen LogP contribution in [-0.2, 0) is 4.79 Å². The number of benzene rings is 2. The average Bonchev–Trinajstić information content (AvgIpc) is 2.76. The third kappa shape index (κ3) is 4.76. The molecular formula is C24H26N4O2. The van der Waals surface area contributed by atoms with Crippen LogP contribution in [0, 0.1) is 19.8 Å². The molecule has 1 amide bonds. The monoisotopic (exact) mass is 402 g/mol. The lowest BCUT2D eigenvalue weighted by molar-refractivity contribution is -0.120. The fourth-order valence-corrected chi connectivity index (χ4v) is 3.68. The average molecular weight is 402 g/mol. The number of aryl methyl sites for hydroxylation is 2. The van der Waals surface area contributed by atoms with Crippen molar-refractivity contribution in [1.82, 2.24) is 9.97 Å². The van der Waals surface area contributed by atoms with Crippen LogP contribution in [0.4, 0.5) is 11.5 Å². The van der Waals surface area contributed by atoms with E-state index in [-0.39, 0.29) is 11.8 Å². The summed E-state index contributed by atoms with van der Waals surface area (Å²) in [6.07, 6.45) is 5.04. The van der Waals surface area contributed by atoms with Crippen LogP contribution in [0.1, 0.15) is 24.0 Å². The van der Waals surface area contributed by atoms with Crippen molar-refractivity contribution in [3.8, 4) is 11.6 Å². The molecule has 30 heavy (non-hydrogen) atoms. The lowest BCUT2D eigenvalue weighted by Crippen LogP contribution is -2.41. The molecule has 154 valence electrons. The maximum atomic E-state index is 12.9. The maximum Gasteiger partial charge on any atom is 0.263 e. The Kier molecular flexibility index (Phi) is 5.93. The van der Waals surface area contributed by atoms with Gasteiger partial charge in [0.15, 0.2) is 5.82 Å². The zero-order valence-electron chi connectivity index (χ0n) is 17.3. The van der Waals surface area contributed by atoms with E-state index in [1.165, 1.54) is 5.56 Å². The number of amides is 1. The first-order valence-corrected chi connectivity index (χ1v) is 10.3. The van der Waals surface area contributed by atoms with Crippen LogP contribution in [0.15, 0.2) is 60.9 Å². The van der Waals surface area contributed by atoms with Crippen molar-refractivity contribution in [3.63, 3.8) is 0 Å². The topological polar surface area (TPSA) is 67.4 Å². The Balaban J connectivity index is 1.48. The number of nitrogens with one attached hydrogen (secondary N) is 1. The number of rotatable bonds is 5. The summed E-state index contributed by atoms with van der Waals surface area (Å²) in [7, 11) is 0. The standard InChI is InChI=1S/C24H26N4O2/c1-17-8-10-21(11-9-17)30-24-22(25-12-13-26-24)28-14-4-6-19(16-28)23(29)27-20-7-3-5-18(2)15-20/h3,5,7-13,15,19H,4,6,14,16H2,1-2H3,(H,27,29)/t19-/m1/s1. The van der Waals surface area contributed by atoms with E-state index in [0.717, 1.165) is 30.6 Å². The fourth-order valence-electron chi connectivity index (χ4n) is 3.68. The van der Waals surface area contributed by atoms with E-state index in [1.807, 2.05) is 62.4 Å². The van der Waals surface area contributed by atoms with Gasteiger partial charge in [-0.1, -0.05) is 29.8 Å². The normalized spacial score (nSPS) is 16.2. The summed E-state index contributed by atoms with van der Waals surface area (Å²) >= 11 is 0. The molecule has 6 heteroatoms. The Morgan fingerprint density at radius 3 is 2.67 bits per heavy atom. The van der Waals surface area contributed by atoms with Gasteiger partial charge >= 0.3 is 0 Å². The number of carbonyl (C=O) groups excluding carboxylic acids is 1. The van der Waals surface area contributed by atoms with Crippen molar-refractivity contribution >= 4 is 17.4 Å². The SMILES string of the molecule is Cc1ccc(Oc2nccnc2N2CCC[C@@H](C(=O)Nc3cccc(C)c3)C2)cc1. The van der Waals surface area contributed by atoms with Gasteiger partial charge in [-0.15, -0.1) is 0 Å². The van der Waals surface area contributed by atoms with Crippen molar-refractivity contribution in [2.24, 2.45) is 5.92 Å². The molecule has 0 aliphatic carbocycles. The van der Waals surface area contributed by atoms with Crippen molar-refractivity contribution in [2.45, 2.75) is 26.7 Å². The van der Waals surface area contributed by atoms with Gasteiger partial charge in [-0.05, 0) is 56.5 Å². The number of hydrogen-bond donors (Lipinski definition) is 1. The third-order valence-corrected chi connectivity index (χ3v) is 5.26. The van der Waals surface area contributed by atoms with Crippen molar-refractivity contribution < 1.29 is 9.53 Å². The summed E-state index contributed by atoms with van der Waals surface area (Å²) in [5.41, 5.74) is 3.12. The first-order valence-electron chi connectivity index (χ1n) is 10.3. The minimum Gasteiger partial charge on any atom is -0.436 e. The second-order valence-electron chi connectivity index (χ2n) is 7.74. The largest absolute Gasteiger partial charge is 0.436 e. The number of ether oxygens (including phenoxy) is 1. The number of hydrogen-bond acceptors (Lipinski definition) is 5. The molecule has 0 unspecified atom stereocenters. The Labute approximate surface area is 176 Å². The highest BCUT2D eigenvalue weighted by atomic mass is 16.5. The summed E-state index contributed by atoms with van der Waals surface area (Å²) < 4.78 is 6.01. The molecule has 0 radical (unpaired) electrons. The molecule has 3 aromatic rings. The second kappa shape index (κ2) is 8.95. The summed E-state index contributed by atoms with van der Waals surface area (Å²) in [5.74, 6) is 1.77. The first-order chi connectivity index (χ1) is 14.6. The van der Waals surface area contributed by atoms with Crippen LogP contribution < -0.4 is 15.0 Å². The molecule has 0 saturated carbocycles. The molecule has 1 fully saturated rings. The maximum absolute atomic E-state index is 12.9. The van der Waals surface area contributed by atoms with E-state index < -0.39 is 0 Å². The van der Waals surface area contributed by atoms with Crippen molar-refractivity contribution in [2.75, 3.05) is 23.3 Å². The van der Waals surface area contributed by atoms with Gasteiger partial charge in [0.05, 0.1) is 5.92 Å². The molecule has 2 heterocycles. The molecule has 0 spiro atoms. The Bertz CT molecular complexity index is 1020. The number of anilines is 2. The van der Waals surface area contributed by atoms with Gasteiger partial charge < -0.3 is 15.0 Å². The van der Waals surface area contributed by atoms with Gasteiger partial charge in [-0.25, -0.2) is 9.97 Å². The van der Waals surface area contributed by atoms with Crippen LogP contribution in [0.2, 0.25) is 0 Å². The van der Waals surface area contributed by atoms with Gasteiger partial charge in [-0.2, -0.15) is 0 Å². The van der Waals surface area contributed by atoms with E-state index in [0.29, 0.717) is 24.0 Å². The first kappa shape index (κ1) is 19.9. The number of nitrogens with zero attached hydrogens (tertiary/aromatic N) is 3. The van der Waals surface area contributed by atoms with Crippen LogP contribution >= 0.6 is 0 Å². The Morgan fingerprint density at radius 1 is 1.07 bits per heavy atom.